The lowest BCUT2D eigenvalue weighted by Gasteiger charge is -1.94. The highest BCUT2D eigenvalue weighted by Crippen LogP contribution is 2.20. The lowest BCUT2D eigenvalue weighted by atomic mass is 10.1. The van der Waals surface area contributed by atoms with Crippen molar-refractivity contribution in [2.24, 2.45) is 0 Å². The molecule has 13 heavy (non-hydrogen) atoms. The molecule has 4 nitrogen and oxygen atoms in total. The van der Waals surface area contributed by atoms with E-state index >= 15 is 0 Å². The molecule has 0 aliphatic heterocycles. The molecule has 2 rings (SSSR count). The van der Waals surface area contributed by atoms with Gasteiger partial charge in [0.15, 0.2) is 0 Å². The van der Waals surface area contributed by atoms with Gasteiger partial charge in [-0.1, -0.05) is 0 Å². The number of hydrogen-bond acceptors (Lipinski definition) is 2. The molecule has 0 spiro atoms. The third-order valence-corrected chi connectivity index (χ3v) is 1.94. The monoisotopic (exact) mass is 176 g/mol. The van der Waals surface area contributed by atoms with Gasteiger partial charge in [0.05, 0.1) is 5.56 Å². The summed E-state index contributed by atoms with van der Waals surface area (Å²) in [5.74, 6) is -0.947. The Balaban J connectivity index is 2.79. The normalized spacial score (nSPS) is 10.5. The van der Waals surface area contributed by atoms with Crippen LogP contribution in [0, 0.1) is 0 Å². The molecule has 0 bridgehead atoms. The average molecular weight is 176 g/mol. The van der Waals surface area contributed by atoms with Crippen LogP contribution in [0.5, 0.6) is 0 Å². The van der Waals surface area contributed by atoms with Gasteiger partial charge >= 0.3 is 5.97 Å². The predicted molar refractivity (Wildman–Crippen MR) is 49.7 cm³/mol. The van der Waals surface area contributed by atoms with E-state index in [2.05, 4.69) is 4.98 Å². The summed E-state index contributed by atoms with van der Waals surface area (Å²) in [7, 11) is 0. The zero-order valence-corrected chi connectivity index (χ0v) is 6.74. The summed E-state index contributed by atoms with van der Waals surface area (Å²) in [6.07, 6.45) is 1.46. The van der Waals surface area contributed by atoms with Gasteiger partial charge in [0.2, 0.25) is 0 Å². The molecule has 4 heteroatoms. The molecule has 1 heterocycles. The number of carboxylic acid groups (broad SMARTS) is 1. The number of carbonyl (C=O) groups is 1. The summed E-state index contributed by atoms with van der Waals surface area (Å²) in [4.78, 5) is 13.6. The Labute approximate surface area is 74.0 Å². The number of nitrogens with two attached hydrogens (primary N) is 1. The molecule has 1 aromatic carbocycles. The van der Waals surface area contributed by atoms with E-state index in [9.17, 15) is 4.79 Å². The minimum Gasteiger partial charge on any atom is -0.478 e. The van der Waals surface area contributed by atoms with E-state index in [1.807, 2.05) is 0 Å². The number of hydrogen-bond donors (Lipinski definition) is 3. The lowest BCUT2D eigenvalue weighted by Crippen LogP contribution is -1.94. The first-order valence-electron chi connectivity index (χ1n) is 3.78. The van der Waals surface area contributed by atoms with Crippen LogP contribution in [0.3, 0.4) is 0 Å². The minimum atomic E-state index is -0.947. The second kappa shape index (κ2) is 2.52. The molecular weight excluding hydrogens is 168 g/mol. The molecule has 0 atom stereocenters. The number of anilines is 1. The fourth-order valence-electron chi connectivity index (χ4n) is 1.32. The van der Waals surface area contributed by atoms with E-state index in [0.29, 0.717) is 11.1 Å². The van der Waals surface area contributed by atoms with Gasteiger partial charge < -0.3 is 15.8 Å². The number of rotatable bonds is 1. The van der Waals surface area contributed by atoms with Gasteiger partial charge in [0, 0.05) is 22.8 Å². The Hall–Kier alpha value is -1.97. The van der Waals surface area contributed by atoms with Crippen molar-refractivity contribution < 1.29 is 9.90 Å². The van der Waals surface area contributed by atoms with Crippen LogP contribution < -0.4 is 5.73 Å². The number of benzene rings is 1. The zero-order chi connectivity index (χ0) is 9.42. The van der Waals surface area contributed by atoms with Crippen molar-refractivity contribution in [3.63, 3.8) is 0 Å². The van der Waals surface area contributed by atoms with Crippen LogP contribution in [-0.4, -0.2) is 16.1 Å². The number of aromatic nitrogens is 1. The van der Waals surface area contributed by atoms with Gasteiger partial charge in [-0.15, -0.1) is 0 Å². The Bertz CT molecular complexity index is 473. The maximum Gasteiger partial charge on any atom is 0.337 e. The van der Waals surface area contributed by atoms with E-state index in [4.69, 9.17) is 10.8 Å². The second-order valence-electron chi connectivity index (χ2n) is 2.81. The number of nitrogen functional groups attached to an aromatic ring is 1. The van der Waals surface area contributed by atoms with E-state index in [1.54, 1.807) is 18.2 Å². The third-order valence-electron chi connectivity index (χ3n) is 1.94. The summed E-state index contributed by atoms with van der Waals surface area (Å²) in [5, 5.41) is 9.45. The van der Waals surface area contributed by atoms with Crippen molar-refractivity contribution >= 4 is 22.6 Å². The van der Waals surface area contributed by atoms with Crippen LogP contribution in [0.1, 0.15) is 10.4 Å². The fraction of sp³-hybridized carbons (Fsp3) is 0. The summed E-state index contributed by atoms with van der Waals surface area (Å²) < 4.78 is 0. The maximum atomic E-state index is 10.7. The molecule has 2 aromatic rings. The van der Waals surface area contributed by atoms with Gasteiger partial charge in [-0.3, -0.25) is 0 Å². The maximum absolute atomic E-state index is 10.7. The largest absolute Gasteiger partial charge is 0.478 e. The van der Waals surface area contributed by atoms with Gasteiger partial charge in [-0.25, -0.2) is 4.79 Å². The number of fused-ring (bicyclic) bond motifs is 1. The molecule has 0 radical (unpaired) electrons. The lowest BCUT2D eigenvalue weighted by molar-refractivity contribution is 0.0699. The Morgan fingerprint density at radius 3 is 2.92 bits per heavy atom. The molecule has 66 valence electrons. The van der Waals surface area contributed by atoms with Crippen LogP contribution in [0.4, 0.5) is 5.69 Å². The number of H-pyrrole nitrogens is 1. The first-order chi connectivity index (χ1) is 6.18. The van der Waals surface area contributed by atoms with Gasteiger partial charge in [-0.2, -0.15) is 0 Å². The molecule has 0 aliphatic rings. The highest BCUT2D eigenvalue weighted by Gasteiger charge is 2.09. The predicted octanol–water partition coefficient (Wildman–Crippen LogP) is 1.45. The molecule has 4 N–H and O–H groups in total. The summed E-state index contributed by atoms with van der Waals surface area (Å²) in [6, 6.07) is 5.14. The fourth-order valence-corrected chi connectivity index (χ4v) is 1.32. The van der Waals surface area contributed by atoms with Crippen LogP contribution in [-0.2, 0) is 0 Å². The number of aromatic amines is 1. The second-order valence-corrected chi connectivity index (χ2v) is 2.81. The smallest absolute Gasteiger partial charge is 0.337 e. The van der Waals surface area contributed by atoms with E-state index in [0.717, 1.165) is 5.52 Å². The molecule has 0 unspecified atom stereocenters. The van der Waals surface area contributed by atoms with Gasteiger partial charge in [0.25, 0.3) is 0 Å². The quantitative estimate of drug-likeness (QED) is 0.575. The zero-order valence-electron chi connectivity index (χ0n) is 6.74. The van der Waals surface area contributed by atoms with Crippen molar-refractivity contribution in [2.45, 2.75) is 0 Å². The van der Waals surface area contributed by atoms with Crippen LogP contribution >= 0.6 is 0 Å². The average Bonchev–Trinajstić information content (AvgIpc) is 2.46. The first kappa shape index (κ1) is 7.67. The Kier molecular flexibility index (Phi) is 1.48. The first-order valence-corrected chi connectivity index (χ1v) is 3.78. The Morgan fingerprint density at radius 1 is 1.46 bits per heavy atom. The number of nitrogens with one attached hydrogen (secondary N) is 1. The number of carboxylic acids is 1. The van der Waals surface area contributed by atoms with Crippen molar-refractivity contribution in [2.75, 3.05) is 5.73 Å². The summed E-state index contributed by atoms with van der Waals surface area (Å²) in [5.41, 5.74) is 7.15. The highest BCUT2D eigenvalue weighted by molar-refractivity contribution is 6.03. The molecular formula is C9H8N2O2. The molecule has 0 aliphatic carbocycles. The molecule has 1 aromatic heterocycles. The van der Waals surface area contributed by atoms with Crippen molar-refractivity contribution in [3.05, 3.63) is 30.0 Å². The van der Waals surface area contributed by atoms with Crippen LogP contribution in [0.25, 0.3) is 10.9 Å². The molecule has 0 fully saturated rings. The molecule has 0 amide bonds. The third kappa shape index (κ3) is 1.12. The number of aromatic carboxylic acids is 1. The van der Waals surface area contributed by atoms with Crippen molar-refractivity contribution in [1.82, 2.24) is 4.98 Å². The van der Waals surface area contributed by atoms with Gasteiger partial charge in [0.1, 0.15) is 0 Å². The van der Waals surface area contributed by atoms with E-state index in [-0.39, 0.29) is 5.56 Å². The van der Waals surface area contributed by atoms with E-state index in [1.165, 1.54) is 6.20 Å². The topological polar surface area (TPSA) is 79.1 Å². The summed E-state index contributed by atoms with van der Waals surface area (Å²) in [6.45, 7) is 0. The molecule has 0 saturated carbocycles. The van der Waals surface area contributed by atoms with Crippen LogP contribution in [0.15, 0.2) is 24.4 Å². The van der Waals surface area contributed by atoms with Crippen molar-refractivity contribution in [1.29, 1.82) is 0 Å². The van der Waals surface area contributed by atoms with E-state index < -0.39 is 5.97 Å². The standard InChI is InChI=1S/C9H8N2O2/c10-5-1-2-8-6(3-5)7(4-11-8)9(12)13/h1-4,11H,10H2,(H,12,13). The minimum absolute atomic E-state index is 0.252. The highest BCUT2D eigenvalue weighted by atomic mass is 16.4. The van der Waals surface area contributed by atoms with Crippen molar-refractivity contribution in [3.8, 4) is 0 Å². The van der Waals surface area contributed by atoms with Gasteiger partial charge in [-0.05, 0) is 18.2 Å². The Morgan fingerprint density at radius 2 is 2.23 bits per heavy atom. The van der Waals surface area contributed by atoms with Crippen LogP contribution in [0.2, 0.25) is 0 Å². The SMILES string of the molecule is Nc1ccc2[nH]cc(C(=O)O)c2c1. The summed E-state index contributed by atoms with van der Waals surface area (Å²) >= 11 is 0. The molecule has 0 saturated heterocycles.